The van der Waals surface area contributed by atoms with Crippen LogP contribution in [-0.2, 0) is 4.79 Å². The molecule has 0 atom stereocenters. The fourth-order valence-corrected chi connectivity index (χ4v) is 2.80. The van der Waals surface area contributed by atoms with Gasteiger partial charge in [0, 0.05) is 19.0 Å². The first-order valence-corrected chi connectivity index (χ1v) is 5.98. The summed E-state index contributed by atoms with van der Waals surface area (Å²) in [5.41, 5.74) is 0. The summed E-state index contributed by atoms with van der Waals surface area (Å²) in [6.07, 6.45) is 5.94. The van der Waals surface area contributed by atoms with Gasteiger partial charge in [-0.15, -0.1) is 0 Å². The number of carbonyl (C=O) groups is 1. The molecule has 0 N–H and O–H groups in total. The molecule has 80 valence electrons. The van der Waals surface area contributed by atoms with E-state index in [-0.39, 0.29) is 0 Å². The highest BCUT2D eigenvalue weighted by molar-refractivity contribution is 5.82. The average Bonchev–Trinajstić information content (AvgIpc) is 2.16. The SMILES string of the molecule is CC(C)C1CCC(N2CCC2=O)CC1. The summed E-state index contributed by atoms with van der Waals surface area (Å²) in [6.45, 7) is 5.66. The number of rotatable bonds is 2. The van der Waals surface area contributed by atoms with Gasteiger partial charge in [0.05, 0.1) is 0 Å². The Bertz CT molecular complexity index is 216. The Balaban J connectivity index is 1.81. The second-order valence-corrected chi connectivity index (χ2v) is 5.15. The summed E-state index contributed by atoms with van der Waals surface area (Å²) < 4.78 is 0. The van der Waals surface area contributed by atoms with Crippen molar-refractivity contribution >= 4 is 5.91 Å². The highest BCUT2D eigenvalue weighted by Gasteiger charge is 2.33. The highest BCUT2D eigenvalue weighted by atomic mass is 16.2. The first-order valence-electron chi connectivity index (χ1n) is 5.98. The maximum atomic E-state index is 11.3. The minimum Gasteiger partial charge on any atom is -0.339 e. The van der Waals surface area contributed by atoms with Crippen molar-refractivity contribution in [2.45, 2.75) is 52.0 Å². The molecule has 0 aromatic heterocycles. The maximum absolute atomic E-state index is 11.3. The van der Waals surface area contributed by atoms with E-state index < -0.39 is 0 Å². The third-order valence-corrected chi connectivity index (χ3v) is 4.01. The van der Waals surface area contributed by atoms with Crippen LogP contribution in [-0.4, -0.2) is 23.4 Å². The molecule has 0 aromatic rings. The number of amides is 1. The zero-order chi connectivity index (χ0) is 10.1. The summed E-state index contributed by atoms with van der Waals surface area (Å²) in [6, 6.07) is 0.589. The molecule has 2 fully saturated rings. The van der Waals surface area contributed by atoms with Crippen molar-refractivity contribution in [3.8, 4) is 0 Å². The number of nitrogens with zero attached hydrogens (tertiary/aromatic N) is 1. The summed E-state index contributed by atoms with van der Waals surface area (Å²) in [7, 11) is 0. The third kappa shape index (κ3) is 1.79. The van der Waals surface area contributed by atoms with Gasteiger partial charge in [-0.1, -0.05) is 13.8 Å². The van der Waals surface area contributed by atoms with E-state index in [4.69, 9.17) is 0 Å². The van der Waals surface area contributed by atoms with Crippen LogP contribution in [0.5, 0.6) is 0 Å². The predicted octanol–water partition coefficient (Wildman–Crippen LogP) is 2.43. The second-order valence-electron chi connectivity index (χ2n) is 5.15. The zero-order valence-corrected chi connectivity index (χ0v) is 9.33. The fourth-order valence-electron chi connectivity index (χ4n) is 2.80. The largest absolute Gasteiger partial charge is 0.339 e. The second kappa shape index (κ2) is 3.92. The van der Waals surface area contributed by atoms with Crippen molar-refractivity contribution < 1.29 is 4.79 Å². The van der Waals surface area contributed by atoms with Gasteiger partial charge in [-0.3, -0.25) is 4.79 Å². The molecule has 0 radical (unpaired) electrons. The summed E-state index contributed by atoms with van der Waals surface area (Å²) in [5, 5.41) is 0. The Kier molecular flexibility index (Phi) is 2.80. The number of hydrogen-bond donors (Lipinski definition) is 0. The molecule has 0 unspecified atom stereocenters. The Hall–Kier alpha value is -0.530. The molecule has 2 nitrogen and oxygen atoms in total. The summed E-state index contributed by atoms with van der Waals surface area (Å²) >= 11 is 0. The van der Waals surface area contributed by atoms with E-state index in [1.165, 1.54) is 25.7 Å². The molecule has 2 rings (SSSR count). The van der Waals surface area contributed by atoms with E-state index in [2.05, 4.69) is 18.7 Å². The molecule has 1 amide bonds. The van der Waals surface area contributed by atoms with Crippen LogP contribution in [0.15, 0.2) is 0 Å². The zero-order valence-electron chi connectivity index (χ0n) is 9.33. The first-order chi connectivity index (χ1) is 6.68. The lowest BCUT2D eigenvalue weighted by Crippen LogP contribution is -2.51. The normalized spacial score (nSPS) is 33.4. The molecule has 0 aromatic carbocycles. The molecule has 1 heterocycles. The smallest absolute Gasteiger partial charge is 0.224 e. The summed E-state index contributed by atoms with van der Waals surface area (Å²) in [4.78, 5) is 13.4. The standard InChI is InChI=1S/C12H21NO/c1-9(2)10-3-5-11(6-4-10)13-8-7-12(13)14/h9-11H,3-8H2,1-2H3. The van der Waals surface area contributed by atoms with Crippen LogP contribution in [0.25, 0.3) is 0 Å². The molecule has 1 aliphatic carbocycles. The van der Waals surface area contributed by atoms with Crippen LogP contribution in [0, 0.1) is 11.8 Å². The molecule has 0 bridgehead atoms. The van der Waals surface area contributed by atoms with Crippen molar-refractivity contribution in [3.63, 3.8) is 0 Å². The van der Waals surface area contributed by atoms with E-state index in [1.54, 1.807) is 0 Å². The van der Waals surface area contributed by atoms with E-state index in [1.807, 2.05) is 0 Å². The van der Waals surface area contributed by atoms with Crippen LogP contribution in [0.3, 0.4) is 0 Å². The van der Waals surface area contributed by atoms with Crippen LogP contribution >= 0.6 is 0 Å². The van der Waals surface area contributed by atoms with Crippen molar-refractivity contribution in [2.24, 2.45) is 11.8 Å². The monoisotopic (exact) mass is 195 g/mol. The van der Waals surface area contributed by atoms with Crippen molar-refractivity contribution in [3.05, 3.63) is 0 Å². The average molecular weight is 195 g/mol. The van der Waals surface area contributed by atoms with Gasteiger partial charge in [-0.25, -0.2) is 0 Å². The number of hydrogen-bond acceptors (Lipinski definition) is 1. The van der Waals surface area contributed by atoms with Gasteiger partial charge in [0.2, 0.25) is 5.91 Å². The Morgan fingerprint density at radius 1 is 1.21 bits per heavy atom. The Morgan fingerprint density at radius 2 is 1.86 bits per heavy atom. The van der Waals surface area contributed by atoms with Gasteiger partial charge < -0.3 is 4.90 Å². The first kappa shape index (κ1) is 10.0. The predicted molar refractivity (Wildman–Crippen MR) is 56.9 cm³/mol. The molecular formula is C12H21NO. The number of likely N-dealkylation sites (tertiary alicyclic amines) is 1. The molecular weight excluding hydrogens is 174 g/mol. The Morgan fingerprint density at radius 3 is 2.21 bits per heavy atom. The van der Waals surface area contributed by atoms with Gasteiger partial charge in [-0.05, 0) is 37.5 Å². The third-order valence-electron chi connectivity index (χ3n) is 4.01. The minimum atomic E-state index is 0.387. The lowest BCUT2D eigenvalue weighted by molar-refractivity contribution is -0.144. The van der Waals surface area contributed by atoms with Gasteiger partial charge >= 0.3 is 0 Å². The van der Waals surface area contributed by atoms with Crippen molar-refractivity contribution in [1.82, 2.24) is 4.90 Å². The number of carbonyl (C=O) groups excluding carboxylic acids is 1. The van der Waals surface area contributed by atoms with E-state index in [9.17, 15) is 4.79 Å². The van der Waals surface area contributed by atoms with Gasteiger partial charge in [0.25, 0.3) is 0 Å². The van der Waals surface area contributed by atoms with Crippen molar-refractivity contribution in [2.75, 3.05) is 6.54 Å². The molecule has 1 saturated carbocycles. The lowest BCUT2D eigenvalue weighted by atomic mass is 9.79. The summed E-state index contributed by atoms with van der Waals surface area (Å²) in [5.74, 6) is 2.11. The van der Waals surface area contributed by atoms with Gasteiger partial charge in [0.1, 0.15) is 0 Å². The highest BCUT2D eigenvalue weighted by Crippen LogP contribution is 2.33. The molecule has 0 spiro atoms. The molecule has 14 heavy (non-hydrogen) atoms. The van der Waals surface area contributed by atoms with Crippen LogP contribution in [0.4, 0.5) is 0 Å². The van der Waals surface area contributed by atoms with Gasteiger partial charge in [-0.2, -0.15) is 0 Å². The molecule has 2 heteroatoms. The van der Waals surface area contributed by atoms with E-state index >= 15 is 0 Å². The number of β-lactam (4-membered cyclic amide) rings is 1. The Labute approximate surface area is 86.7 Å². The topological polar surface area (TPSA) is 20.3 Å². The lowest BCUT2D eigenvalue weighted by Gasteiger charge is -2.42. The molecule has 2 aliphatic rings. The quantitative estimate of drug-likeness (QED) is 0.620. The maximum Gasteiger partial charge on any atom is 0.224 e. The fraction of sp³-hybridized carbons (Fsp3) is 0.917. The van der Waals surface area contributed by atoms with E-state index in [0.29, 0.717) is 11.9 Å². The molecule has 1 saturated heterocycles. The van der Waals surface area contributed by atoms with E-state index in [0.717, 1.165) is 24.8 Å². The minimum absolute atomic E-state index is 0.387. The van der Waals surface area contributed by atoms with Crippen LogP contribution in [0.1, 0.15) is 46.0 Å². The molecule has 1 aliphatic heterocycles. The van der Waals surface area contributed by atoms with Gasteiger partial charge in [0.15, 0.2) is 0 Å². The van der Waals surface area contributed by atoms with Crippen molar-refractivity contribution in [1.29, 1.82) is 0 Å². The van der Waals surface area contributed by atoms with Crippen LogP contribution in [0.2, 0.25) is 0 Å². The van der Waals surface area contributed by atoms with Crippen LogP contribution < -0.4 is 0 Å².